The fourth-order valence-electron chi connectivity index (χ4n) is 2.92. The molecule has 1 aromatic rings. The number of nitrogens with zero attached hydrogens (tertiary/aromatic N) is 1. The molecule has 0 amide bonds. The van der Waals surface area contributed by atoms with Crippen LogP contribution >= 0.6 is 0 Å². The number of ether oxygens (including phenoxy) is 1. The molecule has 2 bridgehead atoms. The first-order chi connectivity index (χ1) is 9.04. The minimum absolute atomic E-state index is 0.182. The second kappa shape index (κ2) is 4.27. The number of nitrogens with one attached hydrogen (secondary N) is 1. The van der Waals surface area contributed by atoms with Gasteiger partial charge in [0.05, 0.1) is 6.10 Å². The summed E-state index contributed by atoms with van der Waals surface area (Å²) in [7, 11) is 0. The maximum absolute atomic E-state index is 11.8. The summed E-state index contributed by atoms with van der Waals surface area (Å²) < 4.78 is 6.60. The molecule has 19 heavy (non-hydrogen) atoms. The summed E-state index contributed by atoms with van der Waals surface area (Å²) in [6.45, 7) is -0.182. The average molecular weight is 270 g/mol. The molecule has 0 spiro atoms. The van der Waals surface area contributed by atoms with Gasteiger partial charge in [-0.2, -0.15) is 0 Å². The van der Waals surface area contributed by atoms with Crippen LogP contribution in [-0.4, -0.2) is 49.8 Å². The summed E-state index contributed by atoms with van der Waals surface area (Å²) in [5.41, 5.74) is -0.869. The number of aliphatic hydroxyl groups excluding tert-OH is 3. The normalized spacial score (nSPS) is 36.3. The number of hydrogen-bond donors (Lipinski definition) is 4. The average Bonchev–Trinajstić information content (AvgIpc) is 2.60. The van der Waals surface area contributed by atoms with Crippen molar-refractivity contribution in [3.05, 3.63) is 32.6 Å². The van der Waals surface area contributed by atoms with Gasteiger partial charge in [-0.15, -0.1) is 0 Å². The second-order valence-electron chi connectivity index (χ2n) is 4.82. The van der Waals surface area contributed by atoms with Crippen molar-refractivity contribution in [3.8, 4) is 0 Å². The second-order valence-corrected chi connectivity index (χ2v) is 4.82. The Morgan fingerprint density at radius 2 is 2.05 bits per heavy atom. The highest BCUT2D eigenvalue weighted by Gasteiger charge is 2.52. The van der Waals surface area contributed by atoms with E-state index in [4.69, 9.17) is 9.84 Å². The highest BCUT2D eigenvalue weighted by atomic mass is 16.6. The lowest BCUT2D eigenvalue weighted by Gasteiger charge is -2.32. The highest BCUT2D eigenvalue weighted by molar-refractivity contribution is 5.18. The lowest BCUT2D eigenvalue weighted by Crippen LogP contribution is -2.42. The molecule has 3 heterocycles. The zero-order chi connectivity index (χ0) is 13.7. The van der Waals surface area contributed by atoms with E-state index in [9.17, 15) is 19.8 Å². The molecule has 1 saturated heterocycles. The Labute approximate surface area is 106 Å². The van der Waals surface area contributed by atoms with Crippen LogP contribution in [0, 0.1) is 0 Å². The molecular weight excluding hydrogens is 256 g/mol. The molecule has 0 aromatic carbocycles. The molecule has 104 valence electrons. The van der Waals surface area contributed by atoms with E-state index in [0.29, 0.717) is 5.69 Å². The van der Waals surface area contributed by atoms with Gasteiger partial charge in [0.1, 0.15) is 12.2 Å². The Morgan fingerprint density at radius 1 is 1.32 bits per heavy atom. The predicted molar refractivity (Wildman–Crippen MR) is 61.7 cm³/mol. The summed E-state index contributed by atoms with van der Waals surface area (Å²) in [5, 5.41) is 28.9. The highest BCUT2D eigenvalue weighted by Crippen LogP contribution is 2.43. The number of rotatable bonds is 2. The standard InChI is InChI=1S/C11H14N2O6/c14-2-1-4-5-3-6(15)12-11(18)13(5)10-8(17)7(16)9(4)19-10/h3-4,7-10,14,16-17H,1-2H2,(H,12,15,18)/t4-,7?,8?,9?,10?/m0/s1. The number of hydrogen-bond acceptors (Lipinski definition) is 6. The molecule has 0 radical (unpaired) electrons. The molecule has 8 heteroatoms. The molecular formula is C11H14N2O6. The van der Waals surface area contributed by atoms with E-state index in [2.05, 4.69) is 4.98 Å². The third-order valence-corrected chi connectivity index (χ3v) is 3.75. The Morgan fingerprint density at radius 3 is 2.74 bits per heavy atom. The Kier molecular flexibility index (Phi) is 2.82. The molecule has 4 unspecified atom stereocenters. The van der Waals surface area contributed by atoms with Crippen molar-refractivity contribution in [1.82, 2.24) is 9.55 Å². The summed E-state index contributed by atoms with van der Waals surface area (Å²) in [6, 6.07) is 1.25. The van der Waals surface area contributed by atoms with Crippen molar-refractivity contribution in [3.63, 3.8) is 0 Å². The smallest absolute Gasteiger partial charge is 0.330 e. The number of aromatic amines is 1. The van der Waals surface area contributed by atoms with Gasteiger partial charge in [0, 0.05) is 24.3 Å². The van der Waals surface area contributed by atoms with Crippen molar-refractivity contribution < 1.29 is 20.1 Å². The lowest BCUT2D eigenvalue weighted by molar-refractivity contribution is -0.0729. The van der Waals surface area contributed by atoms with Gasteiger partial charge in [-0.1, -0.05) is 0 Å². The monoisotopic (exact) mass is 270 g/mol. The van der Waals surface area contributed by atoms with Crippen LogP contribution in [0.4, 0.5) is 0 Å². The van der Waals surface area contributed by atoms with Crippen molar-refractivity contribution >= 4 is 0 Å². The maximum atomic E-state index is 11.8. The van der Waals surface area contributed by atoms with Gasteiger partial charge >= 0.3 is 5.69 Å². The van der Waals surface area contributed by atoms with Crippen molar-refractivity contribution in [2.45, 2.75) is 36.9 Å². The molecule has 0 aliphatic carbocycles. The first-order valence-corrected chi connectivity index (χ1v) is 6.03. The van der Waals surface area contributed by atoms with E-state index in [1.54, 1.807) is 0 Å². The van der Waals surface area contributed by atoms with Crippen LogP contribution in [0.5, 0.6) is 0 Å². The number of H-pyrrole nitrogens is 1. The van der Waals surface area contributed by atoms with Crippen molar-refractivity contribution in [1.29, 1.82) is 0 Å². The van der Waals surface area contributed by atoms with Crippen LogP contribution in [0.2, 0.25) is 0 Å². The van der Waals surface area contributed by atoms with Gasteiger partial charge in [-0.3, -0.25) is 14.3 Å². The largest absolute Gasteiger partial charge is 0.396 e. The fourth-order valence-corrected chi connectivity index (χ4v) is 2.92. The van der Waals surface area contributed by atoms with Gasteiger partial charge in [-0.25, -0.2) is 4.79 Å². The van der Waals surface area contributed by atoms with Crippen LogP contribution in [0.3, 0.4) is 0 Å². The quantitative estimate of drug-likeness (QED) is 0.476. The molecule has 1 fully saturated rings. The van der Waals surface area contributed by atoms with Crippen LogP contribution in [0.25, 0.3) is 0 Å². The maximum Gasteiger partial charge on any atom is 0.330 e. The summed E-state index contributed by atoms with van der Waals surface area (Å²) in [5.74, 6) is -0.511. The minimum atomic E-state index is -1.24. The van der Waals surface area contributed by atoms with Gasteiger partial charge in [0.25, 0.3) is 5.56 Å². The van der Waals surface area contributed by atoms with Crippen LogP contribution < -0.4 is 11.2 Å². The van der Waals surface area contributed by atoms with E-state index in [-0.39, 0.29) is 13.0 Å². The van der Waals surface area contributed by atoms with Crippen LogP contribution in [-0.2, 0) is 4.74 Å². The zero-order valence-corrected chi connectivity index (χ0v) is 9.89. The predicted octanol–water partition coefficient (Wildman–Crippen LogP) is -2.36. The number of fused-ring (bicyclic) bond motifs is 4. The minimum Gasteiger partial charge on any atom is -0.396 e. The van der Waals surface area contributed by atoms with E-state index < -0.39 is 41.7 Å². The van der Waals surface area contributed by atoms with Crippen LogP contribution in [0.15, 0.2) is 15.7 Å². The number of aliphatic hydroxyl groups is 3. The topological polar surface area (TPSA) is 125 Å². The summed E-state index contributed by atoms with van der Waals surface area (Å²) in [6.07, 6.45) is -3.90. The molecule has 8 nitrogen and oxygen atoms in total. The molecule has 2 aliphatic rings. The number of aromatic nitrogens is 2. The van der Waals surface area contributed by atoms with E-state index >= 15 is 0 Å². The van der Waals surface area contributed by atoms with E-state index in [0.717, 1.165) is 4.57 Å². The van der Waals surface area contributed by atoms with Gasteiger partial charge in [0.2, 0.25) is 0 Å². The fraction of sp³-hybridized carbons (Fsp3) is 0.636. The lowest BCUT2D eigenvalue weighted by atomic mass is 9.91. The first-order valence-electron chi connectivity index (χ1n) is 6.03. The SMILES string of the molecule is O=c1cc2n(c(=O)[nH]1)C1OC(C(O)C1O)[C@H]2CCO. The van der Waals surface area contributed by atoms with Crippen molar-refractivity contribution in [2.75, 3.05) is 6.61 Å². The third-order valence-electron chi connectivity index (χ3n) is 3.75. The zero-order valence-electron chi connectivity index (χ0n) is 9.89. The molecule has 2 aliphatic heterocycles. The third kappa shape index (κ3) is 1.68. The molecule has 5 atom stereocenters. The molecule has 4 N–H and O–H groups in total. The summed E-state index contributed by atoms with van der Waals surface area (Å²) >= 11 is 0. The summed E-state index contributed by atoms with van der Waals surface area (Å²) in [4.78, 5) is 25.4. The van der Waals surface area contributed by atoms with Gasteiger partial charge in [-0.05, 0) is 6.42 Å². The Balaban J connectivity index is 2.22. The van der Waals surface area contributed by atoms with Gasteiger partial charge in [0.15, 0.2) is 6.23 Å². The van der Waals surface area contributed by atoms with Crippen molar-refractivity contribution in [2.24, 2.45) is 0 Å². The molecule has 3 rings (SSSR count). The van der Waals surface area contributed by atoms with E-state index in [1.165, 1.54) is 6.07 Å². The van der Waals surface area contributed by atoms with E-state index in [1.807, 2.05) is 0 Å². The Bertz CT molecular complexity index is 608. The molecule has 1 aromatic heterocycles. The first kappa shape index (κ1) is 12.5. The van der Waals surface area contributed by atoms with Crippen LogP contribution in [0.1, 0.15) is 24.3 Å². The van der Waals surface area contributed by atoms with Gasteiger partial charge < -0.3 is 20.1 Å². The Hall–Kier alpha value is -1.48. The molecule has 0 saturated carbocycles.